The van der Waals surface area contributed by atoms with Gasteiger partial charge >= 0.3 is 0 Å². The summed E-state index contributed by atoms with van der Waals surface area (Å²) < 4.78 is 18.5. The first kappa shape index (κ1) is 11.1. The van der Waals surface area contributed by atoms with Gasteiger partial charge in [-0.15, -0.1) is 0 Å². The number of fused-ring (bicyclic) bond motifs is 1. The van der Waals surface area contributed by atoms with Gasteiger partial charge < -0.3 is 10.1 Å². The summed E-state index contributed by atoms with van der Waals surface area (Å²) in [6.45, 7) is 0. The fourth-order valence-electron chi connectivity index (χ4n) is 1.75. The van der Waals surface area contributed by atoms with Gasteiger partial charge in [-0.05, 0) is 6.07 Å². The molecule has 0 aliphatic heterocycles. The van der Waals surface area contributed by atoms with Gasteiger partial charge in [0.05, 0.1) is 18.4 Å². The van der Waals surface area contributed by atoms with Crippen LogP contribution in [0, 0.1) is 17.1 Å². The molecular formula is C12H10FN3O. The van der Waals surface area contributed by atoms with Crippen LogP contribution in [0.15, 0.2) is 18.3 Å². The van der Waals surface area contributed by atoms with Crippen molar-refractivity contribution in [3.05, 3.63) is 29.7 Å². The molecule has 0 atom stereocenters. The molecule has 1 heterocycles. The van der Waals surface area contributed by atoms with E-state index in [1.54, 1.807) is 7.05 Å². The Labute approximate surface area is 97.6 Å². The number of hydrogen-bond acceptors (Lipinski definition) is 4. The fourth-order valence-corrected chi connectivity index (χ4v) is 1.75. The van der Waals surface area contributed by atoms with Gasteiger partial charge in [-0.1, -0.05) is 0 Å². The summed E-state index contributed by atoms with van der Waals surface area (Å²) in [7, 11) is 3.13. The van der Waals surface area contributed by atoms with Crippen LogP contribution in [-0.4, -0.2) is 19.1 Å². The number of nitrogens with zero attached hydrogens (tertiary/aromatic N) is 2. The standard InChI is InChI=1S/C12H10FN3O/c1-15-11-7(5-14)6-16-12-9(11)3-8(13)4-10(12)17-2/h3-4,6H,1-2H3,(H,15,16). The minimum absolute atomic E-state index is 0.348. The summed E-state index contributed by atoms with van der Waals surface area (Å²) in [6, 6.07) is 4.60. The van der Waals surface area contributed by atoms with Gasteiger partial charge in [0, 0.05) is 24.7 Å². The number of nitriles is 1. The highest BCUT2D eigenvalue weighted by Gasteiger charge is 2.12. The lowest BCUT2D eigenvalue weighted by Crippen LogP contribution is -1.98. The number of pyridine rings is 1. The SMILES string of the molecule is CNc1c(C#N)cnc2c(OC)cc(F)cc12. The van der Waals surface area contributed by atoms with Crippen molar-refractivity contribution in [2.24, 2.45) is 0 Å². The van der Waals surface area contributed by atoms with Gasteiger partial charge in [-0.3, -0.25) is 4.98 Å². The highest BCUT2D eigenvalue weighted by molar-refractivity contribution is 5.97. The van der Waals surface area contributed by atoms with Crippen LogP contribution in [0.4, 0.5) is 10.1 Å². The normalized spacial score (nSPS) is 10.0. The van der Waals surface area contributed by atoms with Crippen LogP contribution in [-0.2, 0) is 0 Å². The van der Waals surface area contributed by atoms with E-state index in [9.17, 15) is 4.39 Å². The molecule has 0 radical (unpaired) electrons. The van der Waals surface area contributed by atoms with Crippen LogP contribution in [0.2, 0.25) is 0 Å². The van der Waals surface area contributed by atoms with Crippen molar-refractivity contribution in [2.45, 2.75) is 0 Å². The molecule has 0 saturated carbocycles. The number of ether oxygens (including phenoxy) is 1. The summed E-state index contributed by atoms with van der Waals surface area (Å²) in [4.78, 5) is 4.12. The van der Waals surface area contributed by atoms with Crippen LogP contribution in [0.1, 0.15) is 5.56 Å². The zero-order valence-corrected chi connectivity index (χ0v) is 9.41. The number of methoxy groups -OCH3 is 1. The van der Waals surface area contributed by atoms with Crippen molar-refractivity contribution in [1.29, 1.82) is 5.26 Å². The maximum Gasteiger partial charge on any atom is 0.148 e. The van der Waals surface area contributed by atoms with Gasteiger partial charge in [0.15, 0.2) is 0 Å². The molecule has 1 aromatic heterocycles. The number of benzene rings is 1. The van der Waals surface area contributed by atoms with Gasteiger partial charge in [0.1, 0.15) is 23.2 Å². The molecule has 0 fully saturated rings. The predicted octanol–water partition coefficient (Wildman–Crippen LogP) is 2.30. The molecule has 4 nitrogen and oxygen atoms in total. The Bertz CT molecular complexity index is 619. The molecule has 0 spiro atoms. The van der Waals surface area contributed by atoms with Crippen molar-refractivity contribution in [3.8, 4) is 11.8 Å². The second-order valence-corrected chi connectivity index (χ2v) is 3.41. The van der Waals surface area contributed by atoms with Crippen LogP contribution >= 0.6 is 0 Å². The number of aromatic nitrogens is 1. The summed E-state index contributed by atoms with van der Waals surface area (Å²) in [5.41, 5.74) is 1.44. The maximum absolute atomic E-state index is 13.4. The molecule has 0 saturated heterocycles. The van der Waals surface area contributed by atoms with Gasteiger partial charge in [0.25, 0.3) is 0 Å². The topological polar surface area (TPSA) is 57.9 Å². The van der Waals surface area contributed by atoms with E-state index in [-0.39, 0.29) is 0 Å². The third-order valence-corrected chi connectivity index (χ3v) is 2.49. The molecule has 1 N–H and O–H groups in total. The lowest BCUT2D eigenvalue weighted by Gasteiger charge is -2.10. The minimum Gasteiger partial charge on any atom is -0.494 e. The summed E-state index contributed by atoms with van der Waals surface area (Å²) in [5.74, 6) is -0.0799. The van der Waals surface area contributed by atoms with E-state index >= 15 is 0 Å². The molecule has 0 unspecified atom stereocenters. The Morgan fingerprint density at radius 1 is 1.47 bits per heavy atom. The Hall–Kier alpha value is -2.35. The Balaban J connectivity index is 2.90. The van der Waals surface area contributed by atoms with Crippen molar-refractivity contribution in [3.63, 3.8) is 0 Å². The molecule has 0 bridgehead atoms. The minimum atomic E-state index is -0.428. The quantitative estimate of drug-likeness (QED) is 0.861. The third-order valence-electron chi connectivity index (χ3n) is 2.49. The molecular weight excluding hydrogens is 221 g/mol. The van der Waals surface area contributed by atoms with E-state index in [0.29, 0.717) is 27.9 Å². The van der Waals surface area contributed by atoms with Crippen molar-refractivity contribution >= 4 is 16.6 Å². The molecule has 86 valence electrons. The second kappa shape index (κ2) is 4.26. The lowest BCUT2D eigenvalue weighted by molar-refractivity contribution is 0.415. The van der Waals surface area contributed by atoms with Crippen molar-refractivity contribution in [1.82, 2.24) is 4.98 Å². The van der Waals surface area contributed by atoms with E-state index < -0.39 is 5.82 Å². The first-order chi connectivity index (χ1) is 8.21. The van der Waals surface area contributed by atoms with Gasteiger partial charge in [-0.2, -0.15) is 5.26 Å². The molecule has 0 amide bonds. The molecule has 1 aromatic carbocycles. The molecule has 0 aliphatic carbocycles. The summed E-state index contributed by atoms with van der Waals surface area (Å²) in [5, 5.41) is 12.4. The maximum atomic E-state index is 13.4. The van der Waals surface area contributed by atoms with Crippen LogP contribution in [0.5, 0.6) is 5.75 Å². The average molecular weight is 231 g/mol. The molecule has 2 aromatic rings. The highest BCUT2D eigenvalue weighted by Crippen LogP contribution is 2.31. The largest absolute Gasteiger partial charge is 0.494 e. The van der Waals surface area contributed by atoms with Crippen LogP contribution in [0.25, 0.3) is 10.9 Å². The smallest absolute Gasteiger partial charge is 0.148 e. The van der Waals surface area contributed by atoms with Crippen molar-refractivity contribution in [2.75, 3.05) is 19.5 Å². The van der Waals surface area contributed by atoms with E-state index in [1.807, 2.05) is 6.07 Å². The zero-order valence-electron chi connectivity index (χ0n) is 9.41. The van der Waals surface area contributed by atoms with E-state index in [0.717, 1.165) is 0 Å². The Morgan fingerprint density at radius 2 is 2.24 bits per heavy atom. The number of nitrogens with one attached hydrogen (secondary N) is 1. The molecule has 5 heteroatoms. The number of halogens is 1. The third kappa shape index (κ3) is 1.74. The number of rotatable bonds is 2. The zero-order chi connectivity index (χ0) is 12.4. The molecule has 2 rings (SSSR count). The Morgan fingerprint density at radius 3 is 2.82 bits per heavy atom. The average Bonchev–Trinajstić information content (AvgIpc) is 2.36. The highest BCUT2D eigenvalue weighted by atomic mass is 19.1. The van der Waals surface area contributed by atoms with E-state index in [1.165, 1.54) is 25.4 Å². The van der Waals surface area contributed by atoms with Crippen LogP contribution in [0.3, 0.4) is 0 Å². The Kier molecular flexibility index (Phi) is 2.79. The second-order valence-electron chi connectivity index (χ2n) is 3.41. The summed E-state index contributed by atoms with van der Waals surface area (Å²) >= 11 is 0. The fraction of sp³-hybridized carbons (Fsp3) is 0.167. The van der Waals surface area contributed by atoms with Crippen molar-refractivity contribution < 1.29 is 9.13 Å². The van der Waals surface area contributed by atoms with Crippen LogP contribution < -0.4 is 10.1 Å². The summed E-state index contributed by atoms with van der Waals surface area (Å²) in [6.07, 6.45) is 1.44. The number of anilines is 1. The lowest BCUT2D eigenvalue weighted by atomic mass is 10.1. The van der Waals surface area contributed by atoms with Gasteiger partial charge in [0.2, 0.25) is 0 Å². The first-order valence-electron chi connectivity index (χ1n) is 4.95. The van der Waals surface area contributed by atoms with Gasteiger partial charge in [-0.25, -0.2) is 4.39 Å². The molecule has 0 aliphatic rings. The molecule has 17 heavy (non-hydrogen) atoms. The van der Waals surface area contributed by atoms with E-state index in [2.05, 4.69) is 10.3 Å². The monoisotopic (exact) mass is 231 g/mol. The predicted molar refractivity (Wildman–Crippen MR) is 62.5 cm³/mol. The van der Waals surface area contributed by atoms with E-state index in [4.69, 9.17) is 10.00 Å². The first-order valence-corrected chi connectivity index (χ1v) is 4.95. The number of hydrogen-bond donors (Lipinski definition) is 1.